The van der Waals surface area contributed by atoms with Gasteiger partial charge in [-0.05, 0) is 23.8 Å². The van der Waals surface area contributed by atoms with Crippen molar-refractivity contribution in [3.05, 3.63) is 28.0 Å². The standard InChI is InChI=1S/C12H14O2S2/c1-13-10-4-3-9(7-11(10)14-2)8-12-15-5-6-16-12/h3-4,7-8H,5-6H2,1-2H3. The van der Waals surface area contributed by atoms with Gasteiger partial charge in [0.25, 0.3) is 0 Å². The number of benzene rings is 1. The van der Waals surface area contributed by atoms with E-state index in [9.17, 15) is 0 Å². The largest absolute Gasteiger partial charge is 0.493 e. The highest BCUT2D eigenvalue weighted by atomic mass is 32.2. The van der Waals surface area contributed by atoms with Crippen LogP contribution in [0.2, 0.25) is 0 Å². The lowest BCUT2D eigenvalue weighted by Crippen LogP contribution is -1.90. The van der Waals surface area contributed by atoms with Gasteiger partial charge in [0.2, 0.25) is 0 Å². The number of ether oxygens (including phenoxy) is 2. The molecule has 0 radical (unpaired) electrons. The van der Waals surface area contributed by atoms with E-state index in [2.05, 4.69) is 6.08 Å². The summed E-state index contributed by atoms with van der Waals surface area (Å²) in [7, 11) is 3.31. The van der Waals surface area contributed by atoms with E-state index < -0.39 is 0 Å². The molecule has 1 fully saturated rings. The number of methoxy groups -OCH3 is 2. The molecule has 1 aliphatic rings. The molecular formula is C12H14O2S2. The lowest BCUT2D eigenvalue weighted by atomic mass is 10.2. The Labute approximate surface area is 104 Å². The van der Waals surface area contributed by atoms with E-state index in [0.29, 0.717) is 0 Å². The van der Waals surface area contributed by atoms with Gasteiger partial charge < -0.3 is 9.47 Å². The predicted molar refractivity (Wildman–Crippen MR) is 72.4 cm³/mol. The van der Waals surface area contributed by atoms with Crippen LogP contribution in [-0.2, 0) is 0 Å². The molecule has 0 amide bonds. The van der Waals surface area contributed by atoms with Gasteiger partial charge in [0, 0.05) is 15.7 Å². The molecule has 16 heavy (non-hydrogen) atoms. The second-order valence-electron chi connectivity index (χ2n) is 3.27. The first-order valence-electron chi connectivity index (χ1n) is 5.03. The van der Waals surface area contributed by atoms with Gasteiger partial charge in [-0.1, -0.05) is 6.07 Å². The van der Waals surface area contributed by atoms with Crippen molar-refractivity contribution >= 4 is 29.6 Å². The monoisotopic (exact) mass is 254 g/mol. The fraction of sp³-hybridized carbons (Fsp3) is 0.333. The van der Waals surface area contributed by atoms with Crippen LogP contribution in [0.3, 0.4) is 0 Å². The number of thioether (sulfide) groups is 2. The second kappa shape index (κ2) is 5.55. The highest BCUT2D eigenvalue weighted by molar-refractivity contribution is 8.25. The Balaban J connectivity index is 2.25. The SMILES string of the molecule is COc1ccc(C=C2SCCS2)cc1OC. The van der Waals surface area contributed by atoms with E-state index >= 15 is 0 Å². The maximum Gasteiger partial charge on any atom is 0.161 e. The van der Waals surface area contributed by atoms with Crippen molar-refractivity contribution < 1.29 is 9.47 Å². The molecule has 86 valence electrons. The van der Waals surface area contributed by atoms with Gasteiger partial charge in [0.1, 0.15) is 0 Å². The number of rotatable bonds is 3. The summed E-state index contributed by atoms with van der Waals surface area (Å²) in [5, 5.41) is 0. The zero-order valence-corrected chi connectivity index (χ0v) is 11.0. The minimum atomic E-state index is 0.774. The molecule has 0 saturated carbocycles. The molecule has 2 nitrogen and oxygen atoms in total. The van der Waals surface area contributed by atoms with Crippen LogP contribution in [0.15, 0.2) is 22.4 Å². The van der Waals surface area contributed by atoms with Crippen LogP contribution in [0, 0.1) is 0 Å². The molecule has 0 unspecified atom stereocenters. The van der Waals surface area contributed by atoms with Crippen LogP contribution in [0.4, 0.5) is 0 Å². The smallest absolute Gasteiger partial charge is 0.161 e. The van der Waals surface area contributed by atoms with Crippen LogP contribution in [-0.4, -0.2) is 25.7 Å². The van der Waals surface area contributed by atoms with Gasteiger partial charge >= 0.3 is 0 Å². The molecule has 1 aromatic rings. The van der Waals surface area contributed by atoms with Crippen molar-refractivity contribution in [2.75, 3.05) is 25.7 Å². The molecule has 2 rings (SSSR count). The van der Waals surface area contributed by atoms with Crippen molar-refractivity contribution in [3.8, 4) is 11.5 Å². The third-order valence-corrected chi connectivity index (χ3v) is 4.85. The molecule has 0 aliphatic carbocycles. The van der Waals surface area contributed by atoms with Crippen LogP contribution in [0.1, 0.15) is 5.56 Å². The van der Waals surface area contributed by atoms with E-state index in [-0.39, 0.29) is 0 Å². The highest BCUT2D eigenvalue weighted by Gasteiger charge is 2.09. The normalized spacial score (nSPS) is 15.0. The predicted octanol–water partition coefficient (Wildman–Crippen LogP) is 3.48. The fourth-order valence-corrected chi connectivity index (χ4v) is 3.83. The molecule has 0 aromatic heterocycles. The minimum Gasteiger partial charge on any atom is -0.493 e. The first kappa shape index (κ1) is 11.7. The van der Waals surface area contributed by atoms with Crippen molar-refractivity contribution in [1.82, 2.24) is 0 Å². The summed E-state index contributed by atoms with van der Waals surface area (Å²) in [6, 6.07) is 5.99. The molecule has 1 aromatic carbocycles. The highest BCUT2D eigenvalue weighted by Crippen LogP contribution is 2.38. The Morgan fingerprint density at radius 3 is 2.38 bits per heavy atom. The Hall–Kier alpha value is -0.740. The van der Waals surface area contributed by atoms with Crippen molar-refractivity contribution in [1.29, 1.82) is 0 Å². The summed E-state index contributed by atoms with van der Waals surface area (Å²) < 4.78 is 11.9. The van der Waals surface area contributed by atoms with E-state index in [1.807, 2.05) is 41.7 Å². The van der Waals surface area contributed by atoms with Crippen molar-refractivity contribution in [3.63, 3.8) is 0 Å². The van der Waals surface area contributed by atoms with Gasteiger partial charge in [0.05, 0.1) is 14.2 Å². The van der Waals surface area contributed by atoms with E-state index in [0.717, 1.165) is 17.1 Å². The van der Waals surface area contributed by atoms with E-state index in [4.69, 9.17) is 9.47 Å². The third-order valence-electron chi connectivity index (χ3n) is 2.26. The van der Waals surface area contributed by atoms with E-state index in [1.54, 1.807) is 14.2 Å². The summed E-state index contributed by atoms with van der Waals surface area (Å²) in [6.07, 6.45) is 2.20. The van der Waals surface area contributed by atoms with Crippen molar-refractivity contribution in [2.24, 2.45) is 0 Å². The maximum atomic E-state index is 5.27. The van der Waals surface area contributed by atoms with Gasteiger partial charge in [-0.2, -0.15) is 0 Å². The average molecular weight is 254 g/mol. The number of hydrogen-bond donors (Lipinski definition) is 0. The molecule has 1 saturated heterocycles. The topological polar surface area (TPSA) is 18.5 Å². The van der Waals surface area contributed by atoms with Gasteiger partial charge in [-0.3, -0.25) is 0 Å². The zero-order chi connectivity index (χ0) is 11.4. The molecular weight excluding hydrogens is 240 g/mol. The van der Waals surface area contributed by atoms with Crippen molar-refractivity contribution in [2.45, 2.75) is 0 Å². The third kappa shape index (κ3) is 2.68. The number of hydrogen-bond acceptors (Lipinski definition) is 4. The summed E-state index contributed by atoms with van der Waals surface area (Å²) >= 11 is 3.83. The molecule has 0 spiro atoms. The van der Waals surface area contributed by atoms with Crippen LogP contribution in [0.5, 0.6) is 11.5 Å². The molecule has 1 heterocycles. The maximum absolute atomic E-state index is 5.27. The lowest BCUT2D eigenvalue weighted by molar-refractivity contribution is 0.355. The molecule has 4 heteroatoms. The quantitative estimate of drug-likeness (QED) is 0.821. The first-order chi connectivity index (χ1) is 7.83. The Morgan fingerprint density at radius 2 is 1.75 bits per heavy atom. The second-order valence-corrected chi connectivity index (χ2v) is 5.81. The minimum absolute atomic E-state index is 0.774. The van der Waals surface area contributed by atoms with E-state index in [1.165, 1.54) is 15.7 Å². The summed E-state index contributed by atoms with van der Waals surface area (Å²) in [4.78, 5) is 0. The first-order valence-corrected chi connectivity index (χ1v) is 7.00. The average Bonchev–Trinajstić information content (AvgIpc) is 2.81. The molecule has 1 aliphatic heterocycles. The molecule has 0 N–H and O–H groups in total. The Bertz CT molecular complexity index is 394. The van der Waals surface area contributed by atoms with Crippen LogP contribution >= 0.6 is 23.5 Å². The van der Waals surface area contributed by atoms with Gasteiger partial charge in [0.15, 0.2) is 11.5 Å². The Morgan fingerprint density at radius 1 is 1.06 bits per heavy atom. The van der Waals surface area contributed by atoms with Gasteiger partial charge in [-0.15, -0.1) is 23.5 Å². The Kier molecular flexibility index (Phi) is 4.07. The summed E-state index contributed by atoms with van der Waals surface area (Å²) in [5.41, 5.74) is 1.16. The van der Waals surface area contributed by atoms with Crippen LogP contribution < -0.4 is 9.47 Å². The van der Waals surface area contributed by atoms with Crippen LogP contribution in [0.25, 0.3) is 6.08 Å². The lowest BCUT2D eigenvalue weighted by Gasteiger charge is -2.07. The van der Waals surface area contributed by atoms with Gasteiger partial charge in [-0.25, -0.2) is 0 Å². The fourth-order valence-electron chi connectivity index (χ4n) is 1.49. The zero-order valence-electron chi connectivity index (χ0n) is 9.36. The molecule has 0 atom stereocenters. The molecule has 0 bridgehead atoms. The summed E-state index contributed by atoms with van der Waals surface area (Å²) in [5.74, 6) is 3.98. The summed E-state index contributed by atoms with van der Waals surface area (Å²) in [6.45, 7) is 0.